The Morgan fingerprint density at radius 2 is 1.57 bits per heavy atom. The molecule has 4 fully saturated rings. The molecule has 0 radical (unpaired) electrons. The van der Waals surface area contributed by atoms with Gasteiger partial charge in [0.25, 0.3) is 0 Å². The average Bonchev–Trinajstić information content (AvgIpc) is 2.76. The van der Waals surface area contributed by atoms with E-state index in [1.54, 1.807) is 0 Å². The second-order valence-electron chi connectivity index (χ2n) is 9.31. The SMILES string of the molecule is C[C@]12CC[C@H](O)CC1CC[C@@H]1[C@@H]2CC[C@]2(C)C(N)CC[C@@H]12. The number of fused-ring (bicyclic) bond motifs is 5. The molecule has 0 amide bonds. The van der Waals surface area contributed by atoms with Crippen LogP contribution in [0.15, 0.2) is 0 Å². The van der Waals surface area contributed by atoms with E-state index < -0.39 is 0 Å². The van der Waals surface area contributed by atoms with Crippen molar-refractivity contribution in [3.05, 3.63) is 0 Å². The van der Waals surface area contributed by atoms with Crippen LogP contribution in [-0.4, -0.2) is 17.3 Å². The van der Waals surface area contributed by atoms with Gasteiger partial charge in [0.2, 0.25) is 0 Å². The molecule has 0 aromatic carbocycles. The number of nitrogens with two attached hydrogens (primary N) is 1. The molecular formula is C19H33NO. The normalized spacial score (nSPS) is 60.0. The molecule has 2 unspecified atom stereocenters. The maximum absolute atomic E-state index is 10.1. The summed E-state index contributed by atoms with van der Waals surface area (Å²) < 4.78 is 0. The highest BCUT2D eigenvalue weighted by molar-refractivity contribution is 5.10. The van der Waals surface area contributed by atoms with Gasteiger partial charge in [-0.2, -0.15) is 0 Å². The van der Waals surface area contributed by atoms with Crippen LogP contribution < -0.4 is 5.73 Å². The van der Waals surface area contributed by atoms with E-state index in [-0.39, 0.29) is 6.10 Å². The van der Waals surface area contributed by atoms with Crippen LogP contribution in [0.25, 0.3) is 0 Å². The number of aliphatic hydroxyl groups is 1. The lowest BCUT2D eigenvalue weighted by atomic mass is 9.45. The van der Waals surface area contributed by atoms with Crippen LogP contribution in [0.3, 0.4) is 0 Å². The molecule has 4 saturated carbocycles. The van der Waals surface area contributed by atoms with Gasteiger partial charge in [0.1, 0.15) is 0 Å². The molecule has 2 nitrogen and oxygen atoms in total. The molecule has 120 valence electrons. The number of hydrogen-bond acceptors (Lipinski definition) is 2. The topological polar surface area (TPSA) is 46.2 Å². The van der Waals surface area contributed by atoms with Crippen molar-refractivity contribution in [3.8, 4) is 0 Å². The monoisotopic (exact) mass is 291 g/mol. The van der Waals surface area contributed by atoms with Crippen LogP contribution >= 0.6 is 0 Å². The largest absolute Gasteiger partial charge is 0.393 e. The van der Waals surface area contributed by atoms with E-state index in [0.29, 0.717) is 16.9 Å². The first-order chi connectivity index (χ1) is 9.95. The van der Waals surface area contributed by atoms with Gasteiger partial charge in [-0.25, -0.2) is 0 Å². The predicted octanol–water partition coefficient (Wildman–Crippen LogP) is 3.72. The van der Waals surface area contributed by atoms with Crippen molar-refractivity contribution in [1.82, 2.24) is 0 Å². The lowest BCUT2D eigenvalue weighted by Crippen LogP contribution is -2.55. The third-order valence-electron chi connectivity index (χ3n) is 8.71. The molecule has 0 aliphatic heterocycles. The molecule has 0 spiro atoms. The smallest absolute Gasteiger partial charge is 0.0543 e. The van der Waals surface area contributed by atoms with E-state index >= 15 is 0 Å². The van der Waals surface area contributed by atoms with Crippen molar-refractivity contribution in [1.29, 1.82) is 0 Å². The highest BCUT2D eigenvalue weighted by Gasteiger charge is 2.59. The molecule has 4 aliphatic carbocycles. The Hall–Kier alpha value is -0.0800. The zero-order valence-electron chi connectivity index (χ0n) is 13.9. The zero-order chi connectivity index (χ0) is 14.8. The Kier molecular flexibility index (Phi) is 3.25. The lowest BCUT2D eigenvalue weighted by Gasteiger charge is -2.60. The maximum Gasteiger partial charge on any atom is 0.0543 e. The molecule has 0 aromatic rings. The minimum Gasteiger partial charge on any atom is -0.393 e. The minimum absolute atomic E-state index is 0.0200. The molecule has 0 bridgehead atoms. The van der Waals surface area contributed by atoms with Gasteiger partial charge in [0.15, 0.2) is 0 Å². The van der Waals surface area contributed by atoms with Crippen molar-refractivity contribution in [2.75, 3.05) is 0 Å². The Labute approximate surface area is 129 Å². The van der Waals surface area contributed by atoms with Gasteiger partial charge in [-0.3, -0.25) is 0 Å². The Bertz CT molecular complexity index is 424. The van der Waals surface area contributed by atoms with E-state index in [2.05, 4.69) is 13.8 Å². The van der Waals surface area contributed by atoms with Crippen molar-refractivity contribution in [2.45, 2.75) is 83.8 Å². The van der Waals surface area contributed by atoms with Crippen molar-refractivity contribution in [3.63, 3.8) is 0 Å². The van der Waals surface area contributed by atoms with Crippen LogP contribution in [-0.2, 0) is 0 Å². The molecule has 2 heteroatoms. The Balaban J connectivity index is 1.62. The van der Waals surface area contributed by atoms with Crippen molar-refractivity contribution < 1.29 is 5.11 Å². The van der Waals surface area contributed by atoms with E-state index in [1.165, 1.54) is 44.9 Å². The molecule has 4 aliphatic rings. The number of rotatable bonds is 0. The summed E-state index contributed by atoms with van der Waals surface area (Å²) in [6, 6.07) is 0.446. The van der Waals surface area contributed by atoms with Gasteiger partial charge < -0.3 is 10.8 Å². The molecule has 0 heterocycles. The Morgan fingerprint density at radius 3 is 2.38 bits per heavy atom. The fourth-order valence-corrected chi connectivity index (χ4v) is 7.28. The zero-order valence-corrected chi connectivity index (χ0v) is 13.9. The summed E-state index contributed by atoms with van der Waals surface area (Å²) in [7, 11) is 0. The fraction of sp³-hybridized carbons (Fsp3) is 1.00. The van der Waals surface area contributed by atoms with Crippen LogP contribution in [0.4, 0.5) is 0 Å². The maximum atomic E-state index is 10.1. The Morgan fingerprint density at radius 1 is 0.857 bits per heavy atom. The third-order valence-corrected chi connectivity index (χ3v) is 8.71. The fourth-order valence-electron chi connectivity index (χ4n) is 7.28. The molecule has 8 atom stereocenters. The van der Waals surface area contributed by atoms with E-state index in [0.717, 1.165) is 36.5 Å². The molecule has 4 rings (SSSR count). The van der Waals surface area contributed by atoms with Gasteiger partial charge in [-0.15, -0.1) is 0 Å². The quantitative estimate of drug-likeness (QED) is 0.714. The second kappa shape index (κ2) is 4.71. The molecule has 0 aromatic heterocycles. The molecule has 0 saturated heterocycles. The average molecular weight is 291 g/mol. The standard InChI is InChI=1S/C19H33NO/c1-18-9-7-13(21)11-12(18)3-4-14-15-5-6-17(20)19(15,2)10-8-16(14)18/h12-17,21H,3-11,20H2,1-2H3/t12?,13-,14-,15-,16-,17?,18-,19-/m0/s1. The van der Waals surface area contributed by atoms with Crippen LogP contribution in [0.1, 0.15) is 71.6 Å². The highest BCUT2D eigenvalue weighted by atomic mass is 16.3. The predicted molar refractivity (Wildman–Crippen MR) is 85.7 cm³/mol. The summed E-state index contributed by atoms with van der Waals surface area (Å²) in [6.45, 7) is 5.06. The van der Waals surface area contributed by atoms with Crippen molar-refractivity contribution in [2.24, 2.45) is 40.2 Å². The van der Waals surface area contributed by atoms with Gasteiger partial charge >= 0.3 is 0 Å². The third kappa shape index (κ3) is 1.91. The molecular weight excluding hydrogens is 258 g/mol. The first-order valence-corrected chi connectivity index (χ1v) is 9.39. The van der Waals surface area contributed by atoms with Crippen LogP contribution in [0, 0.1) is 34.5 Å². The van der Waals surface area contributed by atoms with E-state index in [1.807, 2.05) is 0 Å². The van der Waals surface area contributed by atoms with Crippen LogP contribution in [0.5, 0.6) is 0 Å². The first-order valence-electron chi connectivity index (χ1n) is 9.39. The van der Waals surface area contributed by atoms with Gasteiger partial charge in [-0.05, 0) is 92.3 Å². The molecule has 3 N–H and O–H groups in total. The van der Waals surface area contributed by atoms with Crippen molar-refractivity contribution >= 4 is 0 Å². The summed E-state index contributed by atoms with van der Waals surface area (Å²) in [4.78, 5) is 0. The summed E-state index contributed by atoms with van der Waals surface area (Å²) >= 11 is 0. The van der Waals surface area contributed by atoms with E-state index in [9.17, 15) is 5.11 Å². The second-order valence-corrected chi connectivity index (χ2v) is 9.31. The molecule has 21 heavy (non-hydrogen) atoms. The van der Waals surface area contributed by atoms with Gasteiger partial charge in [0, 0.05) is 6.04 Å². The van der Waals surface area contributed by atoms with E-state index in [4.69, 9.17) is 5.73 Å². The highest BCUT2D eigenvalue weighted by Crippen LogP contribution is 2.65. The minimum atomic E-state index is -0.0200. The summed E-state index contributed by atoms with van der Waals surface area (Å²) in [6.07, 6.45) is 11.5. The summed E-state index contributed by atoms with van der Waals surface area (Å²) in [5.41, 5.74) is 7.43. The summed E-state index contributed by atoms with van der Waals surface area (Å²) in [5, 5.41) is 10.1. The summed E-state index contributed by atoms with van der Waals surface area (Å²) in [5.74, 6) is 3.50. The van der Waals surface area contributed by atoms with Crippen LogP contribution in [0.2, 0.25) is 0 Å². The van der Waals surface area contributed by atoms with Gasteiger partial charge in [0.05, 0.1) is 6.10 Å². The first kappa shape index (κ1) is 14.5. The number of hydrogen-bond donors (Lipinski definition) is 2. The lowest BCUT2D eigenvalue weighted by molar-refractivity contribution is -0.122. The number of aliphatic hydroxyl groups excluding tert-OH is 1. The van der Waals surface area contributed by atoms with Gasteiger partial charge in [-0.1, -0.05) is 13.8 Å².